The molecule has 1 heterocycles. The molecule has 0 unspecified atom stereocenters. The maximum Gasteiger partial charge on any atom is 0.175 e. The molecule has 4 heteroatoms. The lowest BCUT2D eigenvalue weighted by atomic mass is 10.3. The minimum atomic E-state index is -3.19. The molecule has 1 aromatic heterocycles. The van der Waals surface area contributed by atoms with E-state index in [1.165, 1.54) is 6.20 Å². The molecule has 0 aromatic carbocycles. The van der Waals surface area contributed by atoms with Crippen molar-refractivity contribution in [3.05, 3.63) is 36.7 Å². The second-order valence-electron chi connectivity index (χ2n) is 2.44. The predicted octanol–water partition coefficient (Wildman–Crippen LogP) is 1.10. The zero-order valence-corrected chi connectivity index (χ0v) is 7.50. The van der Waals surface area contributed by atoms with Gasteiger partial charge in [-0.3, -0.25) is 4.98 Å². The lowest BCUT2D eigenvalue weighted by molar-refractivity contribution is 0.611. The maximum absolute atomic E-state index is 11.0. The maximum atomic E-state index is 11.0. The van der Waals surface area contributed by atoms with Gasteiger partial charge < -0.3 is 0 Å². The van der Waals surface area contributed by atoms with E-state index in [-0.39, 0.29) is 4.91 Å². The Hall–Kier alpha value is -1.16. The van der Waals surface area contributed by atoms with Crippen molar-refractivity contribution in [2.45, 2.75) is 0 Å². The first-order valence-corrected chi connectivity index (χ1v) is 5.20. The minimum Gasteiger partial charge on any atom is -0.264 e. The third kappa shape index (κ3) is 1.92. The molecule has 0 fully saturated rings. The van der Waals surface area contributed by atoms with Crippen LogP contribution in [0.25, 0.3) is 4.91 Å². The average molecular weight is 183 g/mol. The summed E-state index contributed by atoms with van der Waals surface area (Å²) in [5.74, 6) is 0. The van der Waals surface area contributed by atoms with Gasteiger partial charge >= 0.3 is 0 Å². The van der Waals surface area contributed by atoms with Gasteiger partial charge in [-0.1, -0.05) is 12.6 Å². The molecule has 12 heavy (non-hydrogen) atoms. The highest BCUT2D eigenvalue weighted by Gasteiger charge is 2.09. The minimum absolute atomic E-state index is 0.107. The summed E-state index contributed by atoms with van der Waals surface area (Å²) in [4.78, 5) is 3.90. The Morgan fingerprint density at radius 1 is 1.58 bits per heavy atom. The van der Waals surface area contributed by atoms with Crippen LogP contribution in [0.2, 0.25) is 0 Å². The Balaban J connectivity index is 3.11. The third-order valence-corrected chi connectivity index (χ3v) is 2.56. The van der Waals surface area contributed by atoms with E-state index in [1.807, 2.05) is 0 Å². The first-order chi connectivity index (χ1) is 5.52. The van der Waals surface area contributed by atoms with Gasteiger partial charge in [0.25, 0.3) is 0 Å². The van der Waals surface area contributed by atoms with Crippen LogP contribution in [0.5, 0.6) is 0 Å². The molecule has 0 aliphatic rings. The van der Waals surface area contributed by atoms with Crippen molar-refractivity contribution in [3.8, 4) is 0 Å². The van der Waals surface area contributed by atoms with E-state index in [1.54, 1.807) is 18.3 Å². The van der Waals surface area contributed by atoms with E-state index in [9.17, 15) is 8.42 Å². The highest BCUT2D eigenvalue weighted by atomic mass is 32.2. The van der Waals surface area contributed by atoms with Crippen LogP contribution in [-0.4, -0.2) is 19.7 Å². The van der Waals surface area contributed by atoms with Gasteiger partial charge in [-0.15, -0.1) is 0 Å². The summed E-state index contributed by atoms with van der Waals surface area (Å²) in [5.41, 5.74) is 0.542. The predicted molar refractivity (Wildman–Crippen MR) is 48.1 cm³/mol. The van der Waals surface area contributed by atoms with Gasteiger partial charge in [0.15, 0.2) is 9.84 Å². The Kier molecular flexibility index (Phi) is 2.28. The molecule has 64 valence electrons. The molecule has 0 spiro atoms. The second kappa shape index (κ2) is 3.06. The molecule has 0 saturated heterocycles. The topological polar surface area (TPSA) is 47.0 Å². The first-order valence-electron chi connectivity index (χ1n) is 3.31. The summed E-state index contributed by atoms with van der Waals surface area (Å²) < 4.78 is 22.0. The number of hydrogen-bond acceptors (Lipinski definition) is 3. The van der Waals surface area contributed by atoms with Gasteiger partial charge in [0.05, 0.1) is 4.91 Å². The number of pyridine rings is 1. The average Bonchev–Trinajstić information content (AvgIpc) is 2.03. The van der Waals surface area contributed by atoms with E-state index in [4.69, 9.17) is 0 Å². The molecule has 0 amide bonds. The van der Waals surface area contributed by atoms with Gasteiger partial charge in [0.1, 0.15) is 0 Å². The molecule has 0 atom stereocenters. The normalized spacial score (nSPS) is 11.1. The zero-order chi connectivity index (χ0) is 9.19. The zero-order valence-electron chi connectivity index (χ0n) is 6.69. The second-order valence-corrected chi connectivity index (χ2v) is 4.47. The molecule has 0 aliphatic carbocycles. The van der Waals surface area contributed by atoms with Gasteiger partial charge in [-0.25, -0.2) is 8.42 Å². The van der Waals surface area contributed by atoms with Crippen LogP contribution in [0.1, 0.15) is 5.56 Å². The Labute approximate surface area is 71.7 Å². The summed E-state index contributed by atoms with van der Waals surface area (Å²) in [6.07, 6.45) is 4.19. The fourth-order valence-electron chi connectivity index (χ4n) is 0.742. The fraction of sp³-hybridized carbons (Fsp3) is 0.125. The lowest BCUT2D eigenvalue weighted by Gasteiger charge is -2.00. The van der Waals surface area contributed by atoms with Crippen LogP contribution in [0.3, 0.4) is 0 Å². The first kappa shape index (κ1) is 8.93. The van der Waals surface area contributed by atoms with Crippen molar-refractivity contribution in [1.29, 1.82) is 0 Å². The quantitative estimate of drug-likeness (QED) is 0.689. The van der Waals surface area contributed by atoms with Crippen LogP contribution in [0, 0.1) is 0 Å². The van der Waals surface area contributed by atoms with Gasteiger partial charge in [0.2, 0.25) is 0 Å². The molecule has 0 bridgehead atoms. The van der Waals surface area contributed by atoms with E-state index in [0.717, 1.165) is 6.26 Å². The van der Waals surface area contributed by atoms with Gasteiger partial charge in [-0.2, -0.15) is 0 Å². The fourth-order valence-corrected chi connectivity index (χ4v) is 1.29. The van der Waals surface area contributed by atoms with Crippen molar-refractivity contribution in [3.63, 3.8) is 0 Å². The Bertz CT molecular complexity index is 381. The number of sulfone groups is 1. The summed E-state index contributed by atoms with van der Waals surface area (Å²) in [7, 11) is -3.19. The summed E-state index contributed by atoms with van der Waals surface area (Å²) in [5, 5.41) is 0. The standard InChI is InChI=1S/C8H9NO2S/c1-7(12(2,10)11)8-4-3-5-9-6-8/h3-6H,1H2,2H3. The third-order valence-electron chi connectivity index (χ3n) is 1.43. The van der Waals surface area contributed by atoms with Crippen LogP contribution in [-0.2, 0) is 9.84 Å². The molecular weight excluding hydrogens is 174 g/mol. The van der Waals surface area contributed by atoms with Crippen LogP contribution >= 0.6 is 0 Å². The number of hydrogen-bond donors (Lipinski definition) is 0. The molecular formula is C8H9NO2S. The van der Waals surface area contributed by atoms with Crippen molar-refractivity contribution in [2.75, 3.05) is 6.26 Å². The SMILES string of the molecule is C=C(c1cccnc1)S(C)(=O)=O. The summed E-state index contributed by atoms with van der Waals surface area (Å²) in [6.45, 7) is 3.47. The summed E-state index contributed by atoms with van der Waals surface area (Å²) >= 11 is 0. The highest BCUT2D eigenvalue weighted by Crippen LogP contribution is 2.15. The summed E-state index contributed by atoms with van der Waals surface area (Å²) in [6, 6.07) is 3.34. The molecule has 0 N–H and O–H groups in total. The van der Waals surface area contributed by atoms with E-state index >= 15 is 0 Å². The van der Waals surface area contributed by atoms with Crippen LogP contribution < -0.4 is 0 Å². The number of rotatable bonds is 2. The van der Waals surface area contributed by atoms with Crippen LogP contribution in [0.4, 0.5) is 0 Å². The van der Waals surface area contributed by atoms with E-state index in [2.05, 4.69) is 11.6 Å². The van der Waals surface area contributed by atoms with Crippen LogP contribution in [0.15, 0.2) is 31.1 Å². The molecule has 0 radical (unpaired) electrons. The smallest absolute Gasteiger partial charge is 0.175 e. The molecule has 1 rings (SSSR count). The molecule has 3 nitrogen and oxygen atoms in total. The van der Waals surface area contributed by atoms with Crippen molar-refractivity contribution >= 4 is 14.7 Å². The largest absolute Gasteiger partial charge is 0.264 e. The molecule has 0 saturated carbocycles. The van der Waals surface area contributed by atoms with Crippen molar-refractivity contribution < 1.29 is 8.42 Å². The van der Waals surface area contributed by atoms with Gasteiger partial charge in [-0.05, 0) is 6.07 Å². The highest BCUT2D eigenvalue weighted by molar-refractivity contribution is 7.99. The van der Waals surface area contributed by atoms with E-state index < -0.39 is 9.84 Å². The van der Waals surface area contributed by atoms with E-state index in [0.29, 0.717) is 5.56 Å². The lowest BCUT2D eigenvalue weighted by Crippen LogP contribution is -1.98. The number of nitrogens with zero attached hydrogens (tertiary/aromatic N) is 1. The molecule has 1 aromatic rings. The van der Waals surface area contributed by atoms with Crippen molar-refractivity contribution in [2.24, 2.45) is 0 Å². The monoisotopic (exact) mass is 183 g/mol. The van der Waals surface area contributed by atoms with Crippen molar-refractivity contribution in [1.82, 2.24) is 4.98 Å². The van der Waals surface area contributed by atoms with Gasteiger partial charge in [0, 0.05) is 24.2 Å². The Morgan fingerprint density at radius 3 is 2.67 bits per heavy atom. The molecule has 0 aliphatic heterocycles. The number of aromatic nitrogens is 1. The Morgan fingerprint density at radius 2 is 2.25 bits per heavy atom.